The maximum atomic E-state index is 13.6. The van der Waals surface area contributed by atoms with Crippen LogP contribution in [0.2, 0.25) is 0 Å². The van der Waals surface area contributed by atoms with E-state index >= 15 is 0 Å². The number of hydrogen-bond acceptors (Lipinski definition) is 3. The zero-order valence-electron chi connectivity index (χ0n) is 14.9. The fourth-order valence-corrected chi connectivity index (χ4v) is 3.99. The van der Waals surface area contributed by atoms with E-state index in [1.54, 1.807) is 36.0 Å². The molecule has 2 amide bonds. The highest BCUT2D eigenvalue weighted by Crippen LogP contribution is 2.27. The van der Waals surface area contributed by atoms with Gasteiger partial charge in [-0.2, -0.15) is 0 Å². The zero-order chi connectivity index (χ0) is 18.0. The number of hydrogen-bond donors (Lipinski definition) is 0. The molecule has 0 radical (unpaired) electrons. The van der Waals surface area contributed by atoms with Gasteiger partial charge in [0.1, 0.15) is 11.9 Å². The molecule has 0 spiro atoms. The number of rotatable bonds is 4. The lowest BCUT2D eigenvalue weighted by atomic mass is 10.0. The van der Waals surface area contributed by atoms with E-state index in [-0.39, 0.29) is 24.2 Å². The number of amides is 2. The van der Waals surface area contributed by atoms with Crippen molar-refractivity contribution in [1.29, 1.82) is 0 Å². The molecule has 1 saturated carbocycles. The van der Waals surface area contributed by atoms with E-state index in [0.29, 0.717) is 24.7 Å². The summed E-state index contributed by atoms with van der Waals surface area (Å²) in [5.41, 5.74) is 0.612. The Labute approximate surface area is 148 Å². The van der Waals surface area contributed by atoms with Crippen LogP contribution in [-0.4, -0.2) is 66.3 Å². The molecule has 2 fully saturated rings. The summed E-state index contributed by atoms with van der Waals surface area (Å²) >= 11 is 0. The van der Waals surface area contributed by atoms with Gasteiger partial charge in [-0.1, -0.05) is 25.0 Å². The molecular weight excluding hydrogens is 321 g/mol. The Bertz CT molecular complexity index is 643. The minimum atomic E-state index is -0.582. The minimum Gasteiger partial charge on any atom is -0.336 e. The molecule has 0 N–H and O–H groups in total. The van der Waals surface area contributed by atoms with Crippen molar-refractivity contribution < 1.29 is 14.0 Å². The van der Waals surface area contributed by atoms with Crippen molar-refractivity contribution in [2.75, 3.05) is 33.7 Å². The van der Waals surface area contributed by atoms with Gasteiger partial charge < -0.3 is 9.80 Å². The summed E-state index contributed by atoms with van der Waals surface area (Å²) in [4.78, 5) is 30.9. The van der Waals surface area contributed by atoms with Crippen LogP contribution in [0.3, 0.4) is 0 Å². The summed E-state index contributed by atoms with van der Waals surface area (Å²) in [5.74, 6) is -0.474. The standard InChI is InChI=1S/C19H26FN3O2/c1-21(2)18(14-6-5-7-15(20)12-14)19(25)22-10-11-23(17(24)13-22)16-8-3-4-9-16/h5-7,12,16,18H,3-4,8-11,13H2,1-2H3. The summed E-state index contributed by atoms with van der Waals surface area (Å²) < 4.78 is 13.6. The summed E-state index contributed by atoms with van der Waals surface area (Å²) in [6.45, 7) is 1.26. The number of halogens is 1. The van der Waals surface area contributed by atoms with Gasteiger partial charge in [-0.05, 0) is 44.6 Å². The third-order valence-corrected chi connectivity index (χ3v) is 5.25. The Morgan fingerprint density at radius 3 is 2.56 bits per heavy atom. The van der Waals surface area contributed by atoms with E-state index in [1.165, 1.54) is 25.0 Å². The van der Waals surface area contributed by atoms with Crippen LogP contribution >= 0.6 is 0 Å². The topological polar surface area (TPSA) is 43.9 Å². The Morgan fingerprint density at radius 2 is 1.96 bits per heavy atom. The fourth-order valence-electron chi connectivity index (χ4n) is 3.99. The van der Waals surface area contributed by atoms with Gasteiger partial charge in [0.25, 0.3) is 0 Å². The SMILES string of the molecule is CN(C)C(C(=O)N1CCN(C2CCCC2)C(=O)C1)c1cccc(F)c1. The highest BCUT2D eigenvalue weighted by atomic mass is 19.1. The molecule has 1 aliphatic heterocycles. The lowest BCUT2D eigenvalue weighted by Gasteiger charge is -2.39. The first-order valence-electron chi connectivity index (χ1n) is 8.97. The molecule has 0 bridgehead atoms. The molecular formula is C19H26FN3O2. The second-order valence-electron chi connectivity index (χ2n) is 7.21. The van der Waals surface area contributed by atoms with Crippen LogP contribution in [0.25, 0.3) is 0 Å². The van der Waals surface area contributed by atoms with Crippen molar-refractivity contribution in [2.45, 2.75) is 37.8 Å². The lowest BCUT2D eigenvalue weighted by molar-refractivity contribution is -0.149. The molecule has 1 heterocycles. The van der Waals surface area contributed by atoms with Crippen molar-refractivity contribution in [3.63, 3.8) is 0 Å². The molecule has 1 saturated heterocycles. The van der Waals surface area contributed by atoms with Crippen LogP contribution in [0.1, 0.15) is 37.3 Å². The number of likely N-dealkylation sites (N-methyl/N-ethyl adjacent to an activating group) is 1. The van der Waals surface area contributed by atoms with Crippen molar-refractivity contribution in [3.8, 4) is 0 Å². The van der Waals surface area contributed by atoms with Gasteiger partial charge in [-0.3, -0.25) is 14.5 Å². The Balaban J connectivity index is 1.72. The van der Waals surface area contributed by atoms with Crippen LogP contribution in [0, 0.1) is 5.82 Å². The molecule has 3 rings (SSSR count). The maximum absolute atomic E-state index is 13.6. The third-order valence-electron chi connectivity index (χ3n) is 5.25. The highest BCUT2D eigenvalue weighted by Gasteiger charge is 2.36. The Hall–Kier alpha value is -1.95. The highest BCUT2D eigenvalue weighted by molar-refractivity contribution is 5.89. The largest absolute Gasteiger partial charge is 0.336 e. The number of nitrogens with zero attached hydrogens (tertiary/aromatic N) is 3. The van der Waals surface area contributed by atoms with Gasteiger partial charge in [-0.15, -0.1) is 0 Å². The van der Waals surface area contributed by atoms with Gasteiger partial charge in [0.2, 0.25) is 11.8 Å². The van der Waals surface area contributed by atoms with Crippen LogP contribution in [-0.2, 0) is 9.59 Å². The van der Waals surface area contributed by atoms with Gasteiger partial charge in [0.15, 0.2) is 0 Å². The van der Waals surface area contributed by atoms with Crippen LogP contribution < -0.4 is 0 Å². The average molecular weight is 347 g/mol. The Kier molecular flexibility index (Phi) is 5.37. The predicted molar refractivity (Wildman–Crippen MR) is 93.4 cm³/mol. The molecule has 136 valence electrons. The number of piperazine rings is 1. The van der Waals surface area contributed by atoms with E-state index < -0.39 is 6.04 Å². The van der Waals surface area contributed by atoms with E-state index in [0.717, 1.165) is 12.8 Å². The second-order valence-corrected chi connectivity index (χ2v) is 7.21. The molecule has 1 aromatic rings. The number of carbonyl (C=O) groups is 2. The van der Waals surface area contributed by atoms with Crippen LogP contribution in [0.4, 0.5) is 4.39 Å². The van der Waals surface area contributed by atoms with Crippen molar-refractivity contribution in [1.82, 2.24) is 14.7 Å². The van der Waals surface area contributed by atoms with Gasteiger partial charge in [0, 0.05) is 19.1 Å². The van der Waals surface area contributed by atoms with E-state index in [1.807, 2.05) is 4.90 Å². The summed E-state index contributed by atoms with van der Waals surface area (Å²) in [7, 11) is 3.59. The van der Waals surface area contributed by atoms with Crippen molar-refractivity contribution in [3.05, 3.63) is 35.6 Å². The first-order chi connectivity index (χ1) is 12.0. The van der Waals surface area contributed by atoms with Gasteiger partial charge >= 0.3 is 0 Å². The molecule has 1 unspecified atom stereocenters. The fraction of sp³-hybridized carbons (Fsp3) is 0.579. The second kappa shape index (κ2) is 7.52. The summed E-state index contributed by atoms with van der Waals surface area (Å²) in [5, 5.41) is 0. The summed E-state index contributed by atoms with van der Waals surface area (Å²) in [6.07, 6.45) is 4.51. The maximum Gasteiger partial charge on any atom is 0.245 e. The minimum absolute atomic E-state index is 0.0308. The van der Waals surface area contributed by atoms with Crippen molar-refractivity contribution in [2.24, 2.45) is 0 Å². The molecule has 25 heavy (non-hydrogen) atoms. The molecule has 1 aliphatic carbocycles. The predicted octanol–water partition coefficient (Wildman–Crippen LogP) is 2.04. The molecule has 6 heteroatoms. The smallest absolute Gasteiger partial charge is 0.245 e. The van der Waals surface area contributed by atoms with E-state index in [4.69, 9.17) is 0 Å². The zero-order valence-corrected chi connectivity index (χ0v) is 14.9. The van der Waals surface area contributed by atoms with Gasteiger partial charge in [-0.25, -0.2) is 4.39 Å². The first kappa shape index (κ1) is 17.9. The lowest BCUT2D eigenvalue weighted by Crippen LogP contribution is -2.56. The normalized spacial score (nSPS) is 20.4. The van der Waals surface area contributed by atoms with E-state index in [2.05, 4.69) is 0 Å². The van der Waals surface area contributed by atoms with Crippen molar-refractivity contribution >= 4 is 11.8 Å². The van der Waals surface area contributed by atoms with Crippen LogP contribution in [0.5, 0.6) is 0 Å². The monoisotopic (exact) mass is 347 g/mol. The molecule has 1 atom stereocenters. The average Bonchev–Trinajstić information content (AvgIpc) is 3.08. The first-order valence-corrected chi connectivity index (χ1v) is 8.97. The molecule has 5 nitrogen and oxygen atoms in total. The Morgan fingerprint density at radius 1 is 1.24 bits per heavy atom. The van der Waals surface area contributed by atoms with Crippen LogP contribution in [0.15, 0.2) is 24.3 Å². The molecule has 2 aliphatic rings. The molecule has 1 aromatic carbocycles. The number of carbonyl (C=O) groups excluding carboxylic acids is 2. The van der Waals surface area contributed by atoms with E-state index in [9.17, 15) is 14.0 Å². The number of benzene rings is 1. The van der Waals surface area contributed by atoms with Gasteiger partial charge in [0.05, 0.1) is 6.54 Å². The third kappa shape index (κ3) is 3.84. The molecule has 0 aromatic heterocycles. The quantitative estimate of drug-likeness (QED) is 0.837. The summed E-state index contributed by atoms with van der Waals surface area (Å²) in [6, 6.07) is 5.88.